The van der Waals surface area contributed by atoms with Gasteiger partial charge in [0.15, 0.2) is 16.1 Å². The van der Waals surface area contributed by atoms with Crippen molar-refractivity contribution in [3.63, 3.8) is 0 Å². The van der Waals surface area contributed by atoms with Crippen LogP contribution in [0.5, 0.6) is 0 Å². The third-order valence-corrected chi connectivity index (χ3v) is 35.9. The van der Waals surface area contributed by atoms with Gasteiger partial charge in [0.25, 0.3) is 6.71 Å². The van der Waals surface area contributed by atoms with Crippen LogP contribution >= 0.6 is 0 Å². The summed E-state index contributed by atoms with van der Waals surface area (Å²) in [6.45, 7) is -0.275. The molecule has 3 nitrogen and oxygen atoms in total. The summed E-state index contributed by atoms with van der Waals surface area (Å²) in [6.07, 6.45) is 0. The Morgan fingerprint density at radius 3 is 1.02 bits per heavy atom. The second-order valence-corrected chi connectivity index (χ2v) is 40.9. The Kier molecular flexibility index (Phi) is 19.1. The van der Waals surface area contributed by atoms with Crippen molar-refractivity contribution in [1.29, 1.82) is 0 Å². The molecule has 0 radical (unpaired) electrons. The fourth-order valence-electron chi connectivity index (χ4n) is 20.8. The first kappa shape index (κ1) is 75.3. The molecule has 0 fully saturated rings. The van der Waals surface area contributed by atoms with Crippen molar-refractivity contribution in [2.75, 3.05) is 9.80 Å². The molecule has 590 valence electrons. The summed E-state index contributed by atoms with van der Waals surface area (Å²) in [4.78, 5) is 5.22. The average molecular weight is 1630 g/mol. The maximum atomic E-state index is 2.73. The van der Waals surface area contributed by atoms with Crippen molar-refractivity contribution in [3.05, 3.63) is 510 Å². The summed E-state index contributed by atoms with van der Waals surface area (Å²) in [6, 6.07) is 194. The number of hydrogen-bond acceptors (Lipinski definition) is 2. The second kappa shape index (κ2) is 32.0. The lowest BCUT2D eigenvalue weighted by molar-refractivity contribution is 1.16. The summed E-state index contributed by atoms with van der Waals surface area (Å²) in [7, 11) is -7.14. The van der Waals surface area contributed by atoms with Crippen LogP contribution in [0, 0.1) is 0 Å². The van der Waals surface area contributed by atoms with Crippen LogP contribution in [0.2, 0.25) is 0 Å². The first-order chi connectivity index (χ1) is 62.5. The van der Waals surface area contributed by atoms with Gasteiger partial charge in [-0.2, -0.15) is 0 Å². The molecule has 2 aliphatic heterocycles. The van der Waals surface area contributed by atoms with Gasteiger partial charge < -0.3 is 14.4 Å². The lowest BCUT2D eigenvalue weighted by atomic mass is 9.33. The maximum Gasteiger partial charge on any atom is 0.252 e. The molecule has 20 aromatic carbocycles. The van der Waals surface area contributed by atoms with Crippen molar-refractivity contribution in [1.82, 2.24) is 4.57 Å². The Balaban J connectivity index is 0.848. The van der Waals surface area contributed by atoms with Gasteiger partial charge in [-0.1, -0.05) is 443 Å². The highest BCUT2D eigenvalue weighted by Gasteiger charge is 2.49. The molecular formula is C120H84BN3Si2. The Morgan fingerprint density at radius 1 is 0.167 bits per heavy atom. The number of aromatic nitrogens is 1. The summed E-state index contributed by atoms with van der Waals surface area (Å²) >= 11 is 0. The van der Waals surface area contributed by atoms with Gasteiger partial charge in [-0.05, 0) is 203 Å². The minimum atomic E-state index is -3.60. The normalized spacial score (nSPS) is 12.2. The lowest BCUT2D eigenvalue weighted by Crippen LogP contribution is -2.78. The van der Waals surface area contributed by atoms with Crippen LogP contribution in [-0.2, 0) is 0 Å². The lowest BCUT2D eigenvalue weighted by Gasteiger charge is -2.44. The van der Waals surface area contributed by atoms with Crippen LogP contribution < -0.4 is 67.7 Å². The molecule has 126 heavy (non-hydrogen) atoms. The third kappa shape index (κ3) is 12.9. The largest absolute Gasteiger partial charge is 0.311 e. The standard InChI is InChI=1S/C120H84BN3Si2/c1-11-38-85(39-12-1)89-66-69-97(70-67-89)122-117-73-68-93(80-113(117)121-112-62-33-36-65-116(112)124(98-75-94(87-42-15-3-16-43-87)74-95(76-98)88-44-17-4-18-45-88)119-82-99(81-118(122)120(119)121)123-114-63-34-31-60-109(114)110-61-32-35-64-115(110)123)96-78-106(125(100-51-23-7-24-52-100,101-53-25-8-26-54-101)104-59-37-50-92(77-104)86-40-13-2-14-41-86)83-107(79-96)126(102-55-27-9-28-56-102,103-57-29-10-30-58-103)105-71-72-108(90-46-19-5-20-47-90)111(84-105)91-48-21-6-22-49-91/h1-84H. The molecule has 0 N–H and O–H groups in total. The van der Waals surface area contributed by atoms with Crippen LogP contribution in [-0.4, -0.2) is 27.4 Å². The van der Waals surface area contributed by atoms with E-state index < -0.39 is 16.1 Å². The van der Waals surface area contributed by atoms with Crippen LogP contribution in [0.25, 0.3) is 105 Å². The van der Waals surface area contributed by atoms with E-state index in [1.807, 2.05) is 0 Å². The smallest absolute Gasteiger partial charge is 0.252 e. The van der Waals surface area contributed by atoms with Crippen molar-refractivity contribution in [2.45, 2.75) is 0 Å². The average Bonchev–Trinajstić information content (AvgIpc) is 0.862. The molecule has 0 aliphatic carbocycles. The molecule has 0 saturated heterocycles. The zero-order valence-electron chi connectivity index (χ0n) is 69.4. The van der Waals surface area contributed by atoms with E-state index in [1.54, 1.807) is 0 Å². The third-order valence-electron chi connectivity index (χ3n) is 26.4. The molecule has 0 atom stereocenters. The summed E-state index contributed by atoms with van der Waals surface area (Å²) in [5, 5.41) is 12.8. The number of anilines is 6. The fourth-order valence-corrected chi connectivity index (χ4v) is 30.6. The van der Waals surface area contributed by atoms with E-state index in [2.05, 4.69) is 524 Å². The van der Waals surface area contributed by atoms with Crippen molar-refractivity contribution in [2.24, 2.45) is 0 Å². The zero-order valence-corrected chi connectivity index (χ0v) is 71.4. The predicted octanol–water partition coefficient (Wildman–Crippen LogP) is 23.3. The van der Waals surface area contributed by atoms with E-state index in [1.165, 1.54) is 108 Å². The molecule has 6 heteroatoms. The molecule has 0 bridgehead atoms. The van der Waals surface area contributed by atoms with Gasteiger partial charge in [0.1, 0.15) is 0 Å². The van der Waals surface area contributed by atoms with Crippen LogP contribution in [0.1, 0.15) is 0 Å². The van der Waals surface area contributed by atoms with E-state index in [0.717, 1.165) is 89.8 Å². The molecule has 0 spiro atoms. The fraction of sp³-hybridized carbons (Fsp3) is 0. The Morgan fingerprint density at radius 2 is 0.516 bits per heavy atom. The van der Waals surface area contributed by atoms with E-state index in [0.29, 0.717) is 0 Å². The number of rotatable bonds is 18. The van der Waals surface area contributed by atoms with Crippen molar-refractivity contribution < 1.29 is 0 Å². The van der Waals surface area contributed by atoms with Gasteiger partial charge in [0, 0.05) is 44.9 Å². The van der Waals surface area contributed by atoms with Gasteiger partial charge in [-0.3, -0.25) is 0 Å². The van der Waals surface area contributed by atoms with E-state index >= 15 is 0 Å². The van der Waals surface area contributed by atoms with Gasteiger partial charge in [0.2, 0.25) is 0 Å². The molecule has 0 amide bonds. The number of fused-ring (bicyclic) bond motifs is 7. The second-order valence-electron chi connectivity index (χ2n) is 33.3. The van der Waals surface area contributed by atoms with Gasteiger partial charge in [0.05, 0.1) is 16.7 Å². The molecule has 2 aliphatic rings. The summed E-state index contributed by atoms with van der Waals surface area (Å²) in [5.41, 5.74) is 29.9. The Hall–Kier alpha value is -15.7. The number of para-hydroxylation sites is 3. The van der Waals surface area contributed by atoms with E-state index in [-0.39, 0.29) is 6.71 Å². The minimum absolute atomic E-state index is 0.275. The number of nitrogens with zero attached hydrogens (tertiary/aromatic N) is 3. The minimum Gasteiger partial charge on any atom is -0.311 e. The van der Waals surface area contributed by atoms with Crippen LogP contribution in [0.3, 0.4) is 0 Å². The monoisotopic (exact) mass is 1630 g/mol. The molecule has 23 rings (SSSR count). The highest BCUT2D eigenvalue weighted by Crippen LogP contribution is 2.49. The number of hydrogen-bond donors (Lipinski definition) is 0. The number of benzene rings is 20. The molecule has 1 aromatic heterocycles. The first-order valence-electron chi connectivity index (χ1n) is 43.7. The van der Waals surface area contributed by atoms with E-state index in [9.17, 15) is 0 Å². The van der Waals surface area contributed by atoms with Crippen molar-refractivity contribution in [3.8, 4) is 83.6 Å². The Labute approximate surface area is 738 Å². The molecular weight excluding hydrogens is 1550 g/mol. The maximum absolute atomic E-state index is 3.60. The quantitative estimate of drug-likeness (QED) is 0.0627. The molecule has 21 aromatic rings. The molecule has 0 saturated carbocycles. The van der Waals surface area contributed by atoms with E-state index in [4.69, 9.17) is 0 Å². The highest BCUT2D eigenvalue weighted by molar-refractivity contribution is 7.22. The predicted molar refractivity (Wildman–Crippen MR) is 540 cm³/mol. The van der Waals surface area contributed by atoms with Gasteiger partial charge >= 0.3 is 0 Å². The van der Waals surface area contributed by atoms with Crippen molar-refractivity contribution >= 4 is 137 Å². The molecule has 0 unspecified atom stereocenters. The Bertz CT molecular complexity index is 7420. The SMILES string of the molecule is c1ccc(-c2ccc(N3c4ccc(-c5cc([Si](c6ccccc6)(c6ccccc6)c6cccc(-c7ccccc7)c6)cc([Si](c6ccccc6)(c6ccccc6)c6ccc(-c7ccccc7)c(-c7ccccc7)c6)c5)cc4B4c5ccccc5N(c5cc(-c6ccccc6)cc(-c6ccccc6)c5)c5cc(-n6c7ccccc7c7ccccc76)cc3c54)cc2)cc1. The summed E-state index contributed by atoms with van der Waals surface area (Å²) < 4.78 is 2.52. The summed E-state index contributed by atoms with van der Waals surface area (Å²) in [5.74, 6) is 0. The topological polar surface area (TPSA) is 11.4 Å². The first-order valence-corrected chi connectivity index (χ1v) is 47.7. The van der Waals surface area contributed by atoms with Crippen LogP contribution in [0.4, 0.5) is 34.1 Å². The van der Waals surface area contributed by atoms with Gasteiger partial charge in [-0.15, -0.1) is 0 Å². The highest BCUT2D eigenvalue weighted by atomic mass is 28.3. The molecule has 3 heterocycles. The van der Waals surface area contributed by atoms with Gasteiger partial charge in [-0.25, -0.2) is 0 Å². The zero-order chi connectivity index (χ0) is 83.5. The van der Waals surface area contributed by atoms with Crippen LogP contribution in [0.15, 0.2) is 510 Å².